The monoisotopic (exact) mass is 877 g/mol. The van der Waals surface area contributed by atoms with E-state index in [9.17, 15) is 14.4 Å². The van der Waals surface area contributed by atoms with Crippen LogP contribution >= 0.6 is 0 Å². The van der Waals surface area contributed by atoms with Crippen molar-refractivity contribution in [1.82, 2.24) is 9.80 Å². The molecule has 62 heavy (non-hydrogen) atoms. The van der Waals surface area contributed by atoms with Gasteiger partial charge in [-0.2, -0.15) is 0 Å². The summed E-state index contributed by atoms with van der Waals surface area (Å²) in [6.07, 6.45) is 42.7. The second-order valence-corrected chi connectivity index (χ2v) is 19.6. The Morgan fingerprint density at radius 3 is 1.19 bits per heavy atom. The SMILES string of the molecule is CCCCCCCCCCCC(CCCCCC)COC(=O)CCCCCC(CCCCCC(=O)OCC(CC)CCCCCC)N(CCCN(C)C)C(=O)CCCCCCC. The molecule has 0 saturated carbocycles. The van der Waals surface area contributed by atoms with Crippen LogP contribution in [0.15, 0.2) is 0 Å². The van der Waals surface area contributed by atoms with Crippen LogP contribution in [0.2, 0.25) is 0 Å². The summed E-state index contributed by atoms with van der Waals surface area (Å²) in [5.41, 5.74) is 0. The number of carbonyl (C=O) groups excluding carboxylic acids is 3. The number of ether oxygens (including phenoxy) is 2. The molecule has 0 aromatic carbocycles. The third-order valence-corrected chi connectivity index (χ3v) is 13.3. The molecule has 7 heteroatoms. The van der Waals surface area contributed by atoms with E-state index in [0.29, 0.717) is 50.2 Å². The van der Waals surface area contributed by atoms with Gasteiger partial charge in [-0.05, 0) is 90.3 Å². The highest BCUT2D eigenvalue weighted by molar-refractivity contribution is 5.76. The molecule has 0 rings (SSSR count). The summed E-state index contributed by atoms with van der Waals surface area (Å²) in [5.74, 6) is 1.18. The lowest BCUT2D eigenvalue weighted by Gasteiger charge is -2.33. The average Bonchev–Trinajstić information content (AvgIpc) is 3.26. The van der Waals surface area contributed by atoms with Crippen molar-refractivity contribution < 1.29 is 23.9 Å². The number of rotatable bonds is 48. The second kappa shape index (κ2) is 45.9. The third kappa shape index (κ3) is 38.8. The first-order valence-corrected chi connectivity index (χ1v) is 27.5. The van der Waals surface area contributed by atoms with Gasteiger partial charge in [-0.25, -0.2) is 0 Å². The minimum Gasteiger partial charge on any atom is -0.465 e. The second-order valence-electron chi connectivity index (χ2n) is 19.6. The molecule has 1 amide bonds. The molecule has 0 aromatic rings. The van der Waals surface area contributed by atoms with E-state index in [4.69, 9.17) is 9.47 Å². The summed E-state index contributed by atoms with van der Waals surface area (Å²) < 4.78 is 11.7. The molecular formula is C55H108N2O5. The van der Waals surface area contributed by atoms with Crippen molar-refractivity contribution in [2.45, 2.75) is 285 Å². The first kappa shape index (κ1) is 60.4. The van der Waals surface area contributed by atoms with Crippen molar-refractivity contribution in [3.63, 3.8) is 0 Å². The van der Waals surface area contributed by atoms with Crippen molar-refractivity contribution in [3.05, 3.63) is 0 Å². The van der Waals surface area contributed by atoms with E-state index >= 15 is 0 Å². The van der Waals surface area contributed by atoms with Crippen LogP contribution in [-0.4, -0.2) is 74.1 Å². The number of nitrogens with zero attached hydrogens (tertiary/aromatic N) is 2. The van der Waals surface area contributed by atoms with E-state index in [-0.39, 0.29) is 18.0 Å². The molecule has 3 atom stereocenters. The molecule has 3 unspecified atom stereocenters. The predicted molar refractivity (Wildman–Crippen MR) is 267 cm³/mol. The molecule has 0 aliphatic rings. The standard InChI is InChI=1S/C55H108N2O5/c1-8-13-17-21-22-23-24-26-31-40-51(39-30-20-16-11-4)49-62-55(60)45-36-28-33-42-52(57(47-37-46-56(6)7)53(58)43-34-25-18-14-9-2)41-32-27-35-44-54(59)61-48-50(12-5)38-29-19-15-10-3/h50-52H,8-49H2,1-7H3. The smallest absolute Gasteiger partial charge is 0.305 e. The zero-order valence-electron chi connectivity index (χ0n) is 42.9. The predicted octanol–water partition coefficient (Wildman–Crippen LogP) is 16.0. The van der Waals surface area contributed by atoms with E-state index in [1.165, 1.54) is 141 Å². The van der Waals surface area contributed by atoms with Gasteiger partial charge in [-0.15, -0.1) is 0 Å². The molecule has 7 nitrogen and oxygen atoms in total. The fraction of sp³-hybridized carbons (Fsp3) is 0.945. The first-order valence-electron chi connectivity index (χ1n) is 27.5. The van der Waals surface area contributed by atoms with Crippen molar-refractivity contribution >= 4 is 17.8 Å². The van der Waals surface area contributed by atoms with Gasteiger partial charge in [-0.3, -0.25) is 14.4 Å². The summed E-state index contributed by atoms with van der Waals surface area (Å²) in [7, 11) is 4.21. The highest BCUT2D eigenvalue weighted by Crippen LogP contribution is 2.23. The minimum atomic E-state index is -0.0584. The van der Waals surface area contributed by atoms with E-state index in [1.54, 1.807) is 0 Å². The van der Waals surface area contributed by atoms with Gasteiger partial charge in [-0.1, -0.05) is 202 Å². The van der Waals surface area contributed by atoms with E-state index in [1.807, 2.05) is 0 Å². The van der Waals surface area contributed by atoms with Crippen molar-refractivity contribution in [3.8, 4) is 0 Å². The zero-order valence-corrected chi connectivity index (χ0v) is 42.9. The normalized spacial score (nSPS) is 13.0. The Kier molecular flexibility index (Phi) is 44.7. The van der Waals surface area contributed by atoms with Crippen LogP contribution in [0.4, 0.5) is 0 Å². The first-order chi connectivity index (χ1) is 30.2. The molecule has 0 aliphatic carbocycles. The van der Waals surface area contributed by atoms with Gasteiger partial charge in [0.05, 0.1) is 13.2 Å². The van der Waals surface area contributed by atoms with Crippen molar-refractivity contribution in [2.75, 3.05) is 40.4 Å². The number of hydrogen-bond donors (Lipinski definition) is 0. The Morgan fingerprint density at radius 2 is 0.742 bits per heavy atom. The average molecular weight is 877 g/mol. The van der Waals surface area contributed by atoms with Gasteiger partial charge in [0, 0.05) is 31.8 Å². The number of unbranched alkanes of at least 4 members (excludes halogenated alkanes) is 22. The largest absolute Gasteiger partial charge is 0.465 e. The summed E-state index contributed by atoms with van der Waals surface area (Å²) in [6.45, 7) is 14.1. The highest BCUT2D eigenvalue weighted by atomic mass is 16.5. The summed E-state index contributed by atoms with van der Waals surface area (Å²) in [6, 6.07) is 0.201. The Morgan fingerprint density at radius 1 is 0.387 bits per heavy atom. The summed E-state index contributed by atoms with van der Waals surface area (Å²) in [4.78, 5) is 43.9. The maximum absolute atomic E-state index is 13.9. The van der Waals surface area contributed by atoms with Crippen LogP contribution in [0.3, 0.4) is 0 Å². The molecule has 0 heterocycles. The van der Waals surface area contributed by atoms with Gasteiger partial charge >= 0.3 is 11.9 Å². The lowest BCUT2D eigenvalue weighted by Crippen LogP contribution is -2.41. The molecule has 0 N–H and O–H groups in total. The molecule has 0 spiro atoms. The number of amides is 1. The quantitative estimate of drug-likeness (QED) is 0.0448. The van der Waals surface area contributed by atoms with Crippen LogP contribution in [0, 0.1) is 11.8 Å². The van der Waals surface area contributed by atoms with Crippen LogP contribution in [0.1, 0.15) is 279 Å². The minimum absolute atomic E-state index is 0.0357. The maximum Gasteiger partial charge on any atom is 0.305 e. The van der Waals surface area contributed by atoms with Gasteiger partial charge in [0.2, 0.25) is 5.91 Å². The molecule has 0 saturated heterocycles. The molecule has 0 radical (unpaired) electrons. The fourth-order valence-corrected chi connectivity index (χ4v) is 8.95. The lowest BCUT2D eigenvalue weighted by molar-refractivity contribution is -0.146. The Bertz CT molecular complexity index is 989. The molecule has 0 aromatic heterocycles. The van der Waals surface area contributed by atoms with Gasteiger partial charge < -0.3 is 19.3 Å². The fourth-order valence-electron chi connectivity index (χ4n) is 8.95. The maximum atomic E-state index is 13.9. The van der Waals surface area contributed by atoms with Gasteiger partial charge in [0.15, 0.2) is 0 Å². The molecule has 0 bridgehead atoms. The Hall–Kier alpha value is -1.63. The Balaban J connectivity index is 5.16. The topological polar surface area (TPSA) is 76.2 Å². The van der Waals surface area contributed by atoms with Crippen LogP contribution in [0.25, 0.3) is 0 Å². The van der Waals surface area contributed by atoms with E-state index in [0.717, 1.165) is 96.6 Å². The number of carbonyl (C=O) groups is 3. The zero-order chi connectivity index (χ0) is 45.7. The number of hydrogen-bond acceptors (Lipinski definition) is 6. The summed E-state index contributed by atoms with van der Waals surface area (Å²) >= 11 is 0. The third-order valence-electron chi connectivity index (χ3n) is 13.3. The van der Waals surface area contributed by atoms with Crippen molar-refractivity contribution in [1.29, 1.82) is 0 Å². The highest BCUT2D eigenvalue weighted by Gasteiger charge is 2.23. The van der Waals surface area contributed by atoms with E-state index in [2.05, 4.69) is 58.5 Å². The van der Waals surface area contributed by atoms with E-state index < -0.39 is 0 Å². The molecular weight excluding hydrogens is 769 g/mol. The molecule has 368 valence electrons. The van der Waals surface area contributed by atoms with Crippen LogP contribution in [0.5, 0.6) is 0 Å². The van der Waals surface area contributed by atoms with Crippen LogP contribution in [-0.2, 0) is 23.9 Å². The van der Waals surface area contributed by atoms with Gasteiger partial charge in [0.1, 0.15) is 0 Å². The molecule has 0 fully saturated rings. The summed E-state index contributed by atoms with van der Waals surface area (Å²) in [5, 5.41) is 0. The Labute approximate surface area is 387 Å². The van der Waals surface area contributed by atoms with Crippen molar-refractivity contribution in [2.24, 2.45) is 11.8 Å². The lowest BCUT2D eigenvalue weighted by atomic mass is 9.95. The number of esters is 2. The van der Waals surface area contributed by atoms with Crippen LogP contribution < -0.4 is 0 Å². The van der Waals surface area contributed by atoms with Gasteiger partial charge in [0.25, 0.3) is 0 Å². The molecule has 0 aliphatic heterocycles.